The molecule has 0 bridgehead atoms. The highest BCUT2D eigenvalue weighted by molar-refractivity contribution is 6.10. The SMILES string of the molecule is CN(C(=O)c1cc2c(cc1F)nc(N)c1cnn(C)c12)[C@@H]1COCc2cc(OC(F)(F)F)ccc21. The number of fused-ring (bicyclic) bond motifs is 4. The first-order valence-electron chi connectivity index (χ1n) is 10.5. The number of hydrogen-bond acceptors (Lipinski definition) is 6. The van der Waals surface area contributed by atoms with E-state index in [4.69, 9.17) is 10.5 Å². The maximum Gasteiger partial charge on any atom is 0.573 e. The minimum Gasteiger partial charge on any atom is -0.406 e. The van der Waals surface area contributed by atoms with Gasteiger partial charge in [0.1, 0.15) is 17.4 Å². The van der Waals surface area contributed by atoms with Gasteiger partial charge in [0.2, 0.25) is 0 Å². The number of anilines is 1. The van der Waals surface area contributed by atoms with Crippen molar-refractivity contribution in [1.29, 1.82) is 0 Å². The molecule has 4 aromatic rings. The lowest BCUT2D eigenvalue weighted by molar-refractivity contribution is -0.274. The molecule has 0 saturated heterocycles. The van der Waals surface area contributed by atoms with Crippen LogP contribution in [-0.2, 0) is 18.4 Å². The Labute approximate surface area is 195 Å². The molecule has 0 saturated carbocycles. The number of amides is 1. The van der Waals surface area contributed by atoms with Crippen LogP contribution < -0.4 is 10.5 Å². The fourth-order valence-corrected chi connectivity index (χ4v) is 4.39. The maximum absolute atomic E-state index is 15.1. The summed E-state index contributed by atoms with van der Waals surface area (Å²) in [5.74, 6) is -1.61. The lowest BCUT2D eigenvalue weighted by Gasteiger charge is -2.33. The van der Waals surface area contributed by atoms with Crippen molar-refractivity contribution in [3.05, 3.63) is 59.0 Å². The van der Waals surface area contributed by atoms with E-state index in [-0.39, 0.29) is 35.9 Å². The molecule has 2 aromatic carbocycles. The van der Waals surface area contributed by atoms with Crippen LogP contribution in [0.25, 0.3) is 21.8 Å². The van der Waals surface area contributed by atoms with Gasteiger partial charge in [-0.15, -0.1) is 13.2 Å². The molecular formula is C23H19F4N5O3. The largest absolute Gasteiger partial charge is 0.573 e. The number of halogens is 4. The van der Waals surface area contributed by atoms with Crippen molar-refractivity contribution in [1.82, 2.24) is 19.7 Å². The van der Waals surface area contributed by atoms with Gasteiger partial charge in [-0.2, -0.15) is 5.10 Å². The van der Waals surface area contributed by atoms with Gasteiger partial charge in [0.05, 0.1) is 47.4 Å². The van der Waals surface area contributed by atoms with Gasteiger partial charge in [-0.05, 0) is 29.3 Å². The maximum atomic E-state index is 15.1. The highest BCUT2D eigenvalue weighted by Crippen LogP contribution is 2.35. The van der Waals surface area contributed by atoms with Crippen LogP contribution in [0.3, 0.4) is 0 Å². The van der Waals surface area contributed by atoms with Crippen LogP contribution in [0, 0.1) is 5.82 Å². The number of aromatic nitrogens is 3. The predicted molar refractivity (Wildman–Crippen MR) is 118 cm³/mol. The highest BCUT2D eigenvalue weighted by Gasteiger charge is 2.33. The average Bonchev–Trinajstić information content (AvgIpc) is 3.18. The Morgan fingerprint density at radius 2 is 2.03 bits per heavy atom. The Hall–Kier alpha value is -3.93. The molecule has 5 rings (SSSR count). The fraction of sp³-hybridized carbons (Fsp3) is 0.261. The molecule has 1 aliphatic heterocycles. The second-order valence-electron chi connectivity index (χ2n) is 8.23. The first kappa shape index (κ1) is 22.8. The third-order valence-electron chi connectivity index (χ3n) is 6.05. The van der Waals surface area contributed by atoms with Crippen molar-refractivity contribution in [2.24, 2.45) is 7.05 Å². The molecule has 12 heteroatoms. The van der Waals surface area contributed by atoms with E-state index in [1.807, 2.05) is 0 Å². The van der Waals surface area contributed by atoms with Crippen LogP contribution in [0.2, 0.25) is 0 Å². The van der Waals surface area contributed by atoms with E-state index in [0.29, 0.717) is 27.4 Å². The van der Waals surface area contributed by atoms with Crippen LogP contribution in [0.15, 0.2) is 36.5 Å². The van der Waals surface area contributed by atoms with E-state index in [1.165, 1.54) is 36.2 Å². The van der Waals surface area contributed by atoms with Crippen molar-refractivity contribution >= 4 is 33.5 Å². The lowest BCUT2D eigenvalue weighted by atomic mass is 9.97. The molecule has 2 aromatic heterocycles. The van der Waals surface area contributed by atoms with Gasteiger partial charge in [0, 0.05) is 25.5 Å². The number of alkyl halides is 3. The van der Waals surface area contributed by atoms with Gasteiger partial charge in [0.25, 0.3) is 5.91 Å². The van der Waals surface area contributed by atoms with Crippen molar-refractivity contribution in [2.75, 3.05) is 19.4 Å². The number of likely N-dealkylation sites (N-methyl/N-ethyl adjacent to an activating group) is 1. The summed E-state index contributed by atoms with van der Waals surface area (Å²) in [6, 6.07) is 5.75. The molecule has 0 radical (unpaired) electrons. The van der Waals surface area contributed by atoms with E-state index >= 15 is 4.39 Å². The Balaban J connectivity index is 1.52. The first-order chi connectivity index (χ1) is 16.5. The average molecular weight is 489 g/mol. The van der Waals surface area contributed by atoms with Crippen molar-refractivity contribution in [2.45, 2.75) is 19.0 Å². The summed E-state index contributed by atoms with van der Waals surface area (Å²) >= 11 is 0. The number of aryl methyl sites for hydroxylation is 1. The van der Waals surface area contributed by atoms with E-state index in [1.54, 1.807) is 17.9 Å². The zero-order chi connectivity index (χ0) is 25.1. The normalized spacial score (nSPS) is 15.9. The molecule has 8 nitrogen and oxygen atoms in total. The summed E-state index contributed by atoms with van der Waals surface area (Å²) in [6.07, 6.45) is -3.29. The zero-order valence-electron chi connectivity index (χ0n) is 18.6. The van der Waals surface area contributed by atoms with E-state index < -0.39 is 24.1 Å². The van der Waals surface area contributed by atoms with Crippen LogP contribution in [0.1, 0.15) is 27.5 Å². The Morgan fingerprint density at radius 1 is 1.26 bits per heavy atom. The number of hydrogen-bond donors (Lipinski definition) is 1. The molecule has 3 heterocycles. The minimum absolute atomic E-state index is 0.0544. The lowest BCUT2D eigenvalue weighted by Crippen LogP contribution is -2.36. The Morgan fingerprint density at radius 3 is 2.77 bits per heavy atom. The molecule has 1 amide bonds. The van der Waals surface area contributed by atoms with Crippen LogP contribution in [0.4, 0.5) is 23.4 Å². The Bertz CT molecular complexity index is 1480. The van der Waals surface area contributed by atoms with Crippen LogP contribution >= 0.6 is 0 Å². The van der Waals surface area contributed by atoms with Gasteiger partial charge in [-0.3, -0.25) is 9.48 Å². The quantitative estimate of drug-likeness (QED) is 0.436. The zero-order valence-corrected chi connectivity index (χ0v) is 18.6. The van der Waals surface area contributed by atoms with Crippen molar-refractivity contribution in [3.63, 3.8) is 0 Å². The highest BCUT2D eigenvalue weighted by atomic mass is 19.4. The summed E-state index contributed by atoms with van der Waals surface area (Å²) in [7, 11) is 3.18. The molecule has 1 aliphatic rings. The minimum atomic E-state index is -4.83. The number of ether oxygens (including phenoxy) is 2. The molecule has 1 atom stereocenters. The van der Waals surface area contributed by atoms with E-state index in [2.05, 4.69) is 14.8 Å². The van der Waals surface area contributed by atoms with Gasteiger partial charge in [0.15, 0.2) is 0 Å². The van der Waals surface area contributed by atoms with Crippen molar-refractivity contribution in [3.8, 4) is 5.75 Å². The summed E-state index contributed by atoms with van der Waals surface area (Å²) in [6.45, 7) is 0.146. The number of pyridine rings is 1. The monoisotopic (exact) mass is 489 g/mol. The standard InChI is InChI=1S/C23H19F4N5O3/c1-31(19-10-34-9-11-5-12(3-4-13(11)19)35-23(25,26)27)22(33)14-6-15-18(7-17(14)24)30-21(28)16-8-29-32(2)20(15)16/h3-8,19H,9-10H2,1-2H3,(H2,28,30)/t19-/m1/s1. The molecule has 0 unspecified atom stereocenters. The number of benzene rings is 2. The van der Waals surface area contributed by atoms with E-state index in [9.17, 15) is 18.0 Å². The Kier molecular flexibility index (Phi) is 5.28. The summed E-state index contributed by atoms with van der Waals surface area (Å²) in [4.78, 5) is 18.9. The van der Waals surface area contributed by atoms with Crippen molar-refractivity contribution < 1.29 is 31.8 Å². The fourth-order valence-electron chi connectivity index (χ4n) is 4.39. The third-order valence-corrected chi connectivity index (χ3v) is 6.05. The molecule has 0 aliphatic carbocycles. The summed E-state index contributed by atoms with van der Waals surface area (Å²) in [5, 5.41) is 5.25. The van der Waals surface area contributed by atoms with Crippen LogP contribution in [0.5, 0.6) is 5.75 Å². The summed E-state index contributed by atoms with van der Waals surface area (Å²) < 4.78 is 63.9. The first-order valence-corrected chi connectivity index (χ1v) is 10.5. The third kappa shape index (κ3) is 3.99. The molecule has 35 heavy (non-hydrogen) atoms. The van der Waals surface area contributed by atoms with Gasteiger partial charge in [-0.25, -0.2) is 9.37 Å². The van der Waals surface area contributed by atoms with Crippen LogP contribution in [-0.4, -0.2) is 45.6 Å². The number of carbonyl (C=O) groups excluding carboxylic acids is 1. The molecule has 182 valence electrons. The molecule has 2 N–H and O–H groups in total. The van der Waals surface area contributed by atoms with Gasteiger partial charge in [-0.1, -0.05) is 6.07 Å². The van der Waals surface area contributed by atoms with E-state index in [0.717, 1.165) is 6.07 Å². The molecular weight excluding hydrogens is 470 g/mol. The van der Waals surface area contributed by atoms with Gasteiger partial charge < -0.3 is 20.1 Å². The summed E-state index contributed by atoms with van der Waals surface area (Å²) in [5.41, 5.74) is 7.69. The second kappa shape index (κ2) is 8.08. The smallest absolute Gasteiger partial charge is 0.406 e. The second-order valence-corrected chi connectivity index (χ2v) is 8.23. The number of nitrogen functional groups attached to an aromatic ring is 1. The number of nitrogens with zero attached hydrogens (tertiary/aromatic N) is 4. The topological polar surface area (TPSA) is 95.5 Å². The molecule has 0 spiro atoms. The number of rotatable bonds is 3. The predicted octanol–water partition coefficient (Wildman–Crippen LogP) is 4.08. The van der Waals surface area contributed by atoms with Gasteiger partial charge >= 0.3 is 6.36 Å². The number of nitrogens with two attached hydrogens (primary N) is 1. The molecule has 0 fully saturated rings. The number of carbonyl (C=O) groups is 1.